The fourth-order valence-corrected chi connectivity index (χ4v) is 6.43. The number of hydrogen-bond acceptors (Lipinski definition) is 4. The molecule has 6 rings (SSSR count). The number of rotatable bonds is 3. The molecule has 1 amide bonds. The van der Waals surface area contributed by atoms with E-state index in [1.165, 1.54) is 29.6 Å². The smallest absolute Gasteiger partial charge is 0.406 e. The number of likely N-dealkylation sites (tertiary alicyclic amines) is 1. The van der Waals surface area contributed by atoms with Crippen molar-refractivity contribution < 1.29 is 27.1 Å². The predicted octanol–water partition coefficient (Wildman–Crippen LogP) is 4.94. The van der Waals surface area contributed by atoms with Gasteiger partial charge in [0.2, 0.25) is 0 Å². The van der Waals surface area contributed by atoms with Crippen molar-refractivity contribution in [3.05, 3.63) is 58.7 Å². The minimum Gasteiger partial charge on any atom is -0.406 e. The number of H-pyrrole nitrogens is 1. The highest BCUT2D eigenvalue weighted by Crippen LogP contribution is 2.42. The lowest BCUT2D eigenvalue weighted by Crippen LogP contribution is -2.40. The molecule has 1 aromatic carbocycles. The third-order valence-corrected chi connectivity index (χ3v) is 8.23. The van der Waals surface area contributed by atoms with Gasteiger partial charge in [0, 0.05) is 35.3 Å². The van der Waals surface area contributed by atoms with Gasteiger partial charge in [-0.2, -0.15) is 0 Å². The van der Waals surface area contributed by atoms with Crippen molar-refractivity contribution in [3.63, 3.8) is 0 Å². The number of alkyl halides is 3. The van der Waals surface area contributed by atoms with Crippen LogP contribution in [0.2, 0.25) is 0 Å². The molecule has 2 atom stereocenters. The van der Waals surface area contributed by atoms with Gasteiger partial charge in [-0.3, -0.25) is 4.79 Å². The van der Waals surface area contributed by atoms with Gasteiger partial charge < -0.3 is 19.9 Å². The summed E-state index contributed by atoms with van der Waals surface area (Å²) in [6.45, 7) is 2.90. The molecule has 1 aliphatic carbocycles. The maximum Gasteiger partial charge on any atom is 0.573 e. The Hall–Kier alpha value is -3.14. The monoisotopic (exact) mass is 516 g/mol. The molecule has 6 nitrogen and oxygen atoms in total. The first-order valence-corrected chi connectivity index (χ1v) is 12.8. The van der Waals surface area contributed by atoms with Gasteiger partial charge in [0.25, 0.3) is 5.91 Å². The lowest BCUT2D eigenvalue weighted by Gasteiger charge is -2.36. The van der Waals surface area contributed by atoms with Gasteiger partial charge in [0.15, 0.2) is 0 Å². The largest absolute Gasteiger partial charge is 0.573 e. The summed E-state index contributed by atoms with van der Waals surface area (Å²) >= 11 is 0. The van der Waals surface area contributed by atoms with Crippen LogP contribution in [0.5, 0.6) is 5.75 Å². The Morgan fingerprint density at radius 3 is 2.54 bits per heavy atom. The van der Waals surface area contributed by atoms with Crippen molar-refractivity contribution in [2.45, 2.75) is 44.4 Å². The van der Waals surface area contributed by atoms with Crippen molar-refractivity contribution in [1.29, 1.82) is 0 Å². The lowest BCUT2D eigenvalue weighted by molar-refractivity contribution is -0.274. The quantitative estimate of drug-likeness (QED) is 0.484. The summed E-state index contributed by atoms with van der Waals surface area (Å²) in [7, 11) is 0. The Labute approximate surface area is 211 Å². The number of hydrogen-bond donors (Lipinski definition) is 2. The molecule has 2 aliphatic heterocycles. The SMILES string of the molecule is O=C(c1ccc(OC(F)(F)F)cc1)N1CCC(c2c(F)cnc3[nH]c4c(c23)C[C@H]2CNCC[C@@H]2C4)CC1. The number of ether oxygens (including phenoxy) is 1. The number of amides is 1. The summed E-state index contributed by atoms with van der Waals surface area (Å²) in [6.07, 6.45) is 0.758. The number of nitrogens with zero attached hydrogens (tertiary/aromatic N) is 2. The third-order valence-electron chi connectivity index (χ3n) is 8.23. The lowest BCUT2D eigenvalue weighted by atomic mass is 9.74. The second-order valence-electron chi connectivity index (χ2n) is 10.4. The molecule has 2 N–H and O–H groups in total. The summed E-state index contributed by atoms with van der Waals surface area (Å²) in [4.78, 5) is 22.5. The minimum atomic E-state index is -4.78. The van der Waals surface area contributed by atoms with Crippen molar-refractivity contribution in [2.24, 2.45) is 11.8 Å². The zero-order valence-corrected chi connectivity index (χ0v) is 20.2. The number of pyridine rings is 1. The van der Waals surface area contributed by atoms with E-state index in [1.54, 1.807) is 4.90 Å². The predicted molar refractivity (Wildman–Crippen MR) is 129 cm³/mol. The van der Waals surface area contributed by atoms with Crippen molar-refractivity contribution in [1.82, 2.24) is 20.2 Å². The number of aromatic nitrogens is 2. The van der Waals surface area contributed by atoms with Gasteiger partial charge in [-0.1, -0.05) is 0 Å². The zero-order valence-electron chi connectivity index (χ0n) is 20.2. The standard InChI is InChI=1S/C27H28F4N4O2/c28-21-14-33-25-24(20-11-18-13-32-8-5-17(18)12-22(20)34-25)23(21)15-6-9-35(10-7-15)26(36)16-1-3-19(4-2-16)37-27(29,30)31/h1-4,14-15,17-18,32H,5-13H2,(H,33,34)/t17-,18+/m1/s1. The number of halogens is 4. The van der Waals surface area contributed by atoms with Crippen molar-refractivity contribution in [3.8, 4) is 5.75 Å². The molecule has 10 heteroatoms. The Balaban J connectivity index is 1.20. The number of piperidine rings is 2. The Bertz CT molecular complexity index is 1310. The molecule has 0 bridgehead atoms. The first-order chi connectivity index (χ1) is 17.8. The van der Waals surface area contributed by atoms with Gasteiger partial charge >= 0.3 is 6.36 Å². The Morgan fingerprint density at radius 2 is 1.81 bits per heavy atom. The minimum absolute atomic E-state index is 0.0424. The fourth-order valence-electron chi connectivity index (χ4n) is 6.43. The van der Waals surface area contributed by atoms with Gasteiger partial charge in [-0.25, -0.2) is 9.37 Å². The van der Waals surface area contributed by atoms with Crippen LogP contribution >= 0.6 is 0 Å². The summed E-state index contributed by atoms with van der Waals surface area (Å²) < 4.78 is 56.4. The van der Waals surface area contributed by atoms with Crippen LogP contribution in [0.1, 0.15) is 52.4 Å². The van der Waals surface area contributed by atoms with E-state index in [0.717, 1.165) is 55.5 Å². The molecule has 4 heterocycles. The van der Waals surface area contributed by atoms with Crippen LogP contribution in [0.3, 0.4) is 0 Å². The van der Waals surface area contributed by atoms with Crippen LogP contribution in [-0.4, -0.2) is 53.3 Å². The Morgan fingerprint density at radius 1 is 1.05 bits per heavy atom. The molecule has 2 fully saturated rings. The van der Waals surface area contributed by atoms with E-state index in [4.69, 9.17) is 0 Å². The second-order valence-corrected chi connectivity index (χ2v) is 10.4. The van der Waals surface area contributed by atoms with Crippen LogP contribution in [0.25, 0.3) is 11.0 Å². The van der Waals surface area contributed by atoms with E-state index in [1.807, 2.05) is 0 Å². The van der Waals surface area contributed by atoms with E-state index in [2.05, 4.69) is 20.0 Å². The molecule has 2 saturated heterocycles. The first kappa shape index (κ1) is 24.2. The second kappa shape index (κ2) is 9.31. The maximum atomic E-state index is 15.3. The molecule has 3 aromatic rings. The number of carbonyl (C=O) groups excluding carboxylic acids is 1. The van der Waals surface area contributed by atoms with E-state index in [0.29, 0.717) is 48.9 Å². The van der Waals surface area contributed by atoms with Crippen LogP contribution in [0.4, 0.5) is 17.6 Å². The van der Waals surface area contributed by atoms with E-state index in [9.17, 15) is 18.0 Å². The van der Waals surface area contributed by atoms with Crippen LogP contribution in [0, 0.1) is 17.7 Å². The number of fused-ring (bicyclic) bond motifs is 4. The van der Waals surface area contributed by atoms with E-state index in [-0.39, 0.29) is 23.4 Å². The molecule has 0 spiro atoms. The van der Waals surface area contributed by atoms with Gasteiger partial charge in [0.1, 0.15) is 17.2 Å². The normalized spacial score (nSPS) is 22.5. The molecule has 0 radical (unpaired) electrons. The highest BCUT2D eigenvalue weighted by Gasteiger charge is 2.36. The molecule has 0 unspecified atom stereocenters. The molecule has 196 valence electrons. The van der Waals surface area contributed by atoms with Crippen LogP contribution in [0.15, 0.2) is 30.5 Å². The topological polar surface area (TPSA) is 70.2 Å². The number of carbonyl (C=O) groups is 1. The highest BCUT2D eigenvalue weighted by molar-refractivity contribution is 5.94. The summed E-state index contributed by atoms with van der Waals surface area (Å²) in [5, 5.41) is 4.41. The summed E-state index contributed by atoms with van der Waals surface area (Å²) in [6, 6.07) is 4.94. The van der Waals surface area contributed by atoms with Crippen molar-refractivity contribution in [2.75, 3.05) is 26.2 Å². The number of aromatic amines is 1. The Kier molecular flexibility index (Phi) is 6.09. The van der Waals surface area contributed by atoms with Crippen molar-refractivity contribution >= 4 is 16.9 Å². The molecule has 0 saturated carbocycles. The number of nitrogens with one attached hydrogen (secondary N) is 2. The van der Waals surface area contributed by atoms with Crippen LogP contribution in [-0.2, 0) is 12.8 Å². The third kappa shape index (κ3) is 4.67. The molecular weight excluding hydrogens is 488 g/mol. The molecule has 2 aromatic heterocycles. The number of benzene rings is 1. The maximum absolute atomic E-state index is 15.3. The molecule has 3 aliphatic rings. The summed E-state index contributed by atoms with van der Waals surface area (Å²) in [5.41, 5.74) is 4.11. The zero-order chi connectivity index (χ0) is 25.7. The van der Waals surface area contributed by atoms with E-state index >= 15 is 4.39 Å². The fraction of sp³-hybridized carbons (Fsp3) is 0.481. The average Bonchev–Trinajstić information content (AvgIpc) is 3.24. The molecular formula is C27H28F4N4O2. The highest BCUT2D eigenvalue weighted by atomic mass is 19.4. The average molecular weight is 517 g/mol. The van der Waals surface area contributed by atoms with E-state index < -0.39 is 6.36 Å². The van der Waals surface area contributed by atoms with Gasteiger partial charge in [-0.15, -0.1) is 13.2 Å². The van der Waals surface area contributed by atoms with Gasteiger partial charge in [-0.05, 0) is 92.8 Å². The molecule has 37 heavy (non-hydrogen) atoms. The van der Waals surface area contributed by atoms with Crippen LogP contribution < -0.4 is 10.1 Å². The summed E-state index contributed by atoms with van der Waals surface area (Å²) in [5.74, 6) is 0.210. The first-order valence-electron chi connectivity index (χ1n) is 12.8. The van der Waals surface area contributed by atoms with Gasteiger partial charge in [0.05, 0.1) is 6.20 Å².